The molecule has 0 saturated carbocycles. The summed E-state index contributed by atoms with van der Waals surface area (Å²) >= 11 is 3.92. The lowest BCUT2D eigenvalue weighted by molar-refractivity contribution is -0.145. The molecule has 0 unspecified atom stereocenters. The van der Waals surface area contributed by atoms with E-state index in [1.165, 1.54) is 19.3 Å². The molecule has 9 heteroatoms. The number of rotatable bonds is 5. The number of benzene rings is 1. The highest BCUT2D eigenvalue weighted by Gasteiger charge is 2.36. The summed E-state index contributed by atoms with van der Waals surface area (Å²) < 4.78 is 10.2. The molecule has 0 radical (unpaired) electrons. The number of thioether (sulfide) groups is 1. The first kappa shape index (κ1) is 18.3. The summed E-state index contributed by atoms with van der Waals surface area (Å²) in [4.78, 5) is 36.7. The van der Waals surface area contributed by atoms with Crippen LogP contribution in [0.15, 0.2) is 21.5 Å². The van der Waals surface area contributed by atoms with E-state index >= 15 is 0 Å². The van der Waals surface area contributed by atoms with Crippen molar-refractivity contribution >= 4 is 50.9 Å². The number of imide groups is 1. The molecule has 0 aliphatic carbocycles. The average molecular weight is 416 g/mol. The quantitative estimate of drug-likeness (QED) is 0.583. The minimum absolute atomic E-state index is 0.0648. The van der Waals surface area contributed by atoms with Crippen LogP contribution in [0, 0.1) is 0 Å². The van der Waals surface area contributed by atoms with Crippen LogP contribution in [0.5, 0.6) is 11.5 Å². The number of halogens is 1. The molecule has 24 heavy (non-hydrogen) atoms. The van der Waals surface area contributed by atoms with Crippen LogP contribution >= 0.6 is 27.7 Å². The zero-order chi connectivity index (χ0) is 17.9. The van der Waals surface area contributed by atoms with Crippen LogP contribution in [0.2, 0.25) is 0 Å². The molecule has 0 atom stereocenters. The first-order valence-electron chi connectivity index (χ1n) is 6.84. The molecule has 1 aliphatic rings. The van der Waals surface area contributed by atoms with Crippen molar-refractivity contribution in [2.45, 2.75) is 6.92 Å². The monoisotopic (exact) mass is 415 g/mol. The largest absolute Gasteiger partial charge is 0.503 e. The van der Waals surface area contributed by atoms with Crippen molar-refractivity contribution < 1.29 is 29.0 Å². The molecular formula is C15H14BrNO6S. The number of nitrogens with zero attached hydrogens (tertiary/aromatic N) is 1. The Morgan fingerprint density at radius 3 is 2.75 bits per heavy atom. The van der Waals surface area contributed by atoms with Gasteiger partial charge in [-0.1, -0.05) is 0 Å². The molecule has 0 spiro atoms. The Morgan fingerprint density at radius 2 is 2.12 bits per heavy atom. The number of ether oxygens (including phenoxy) is 2. The van der Waals surface area contributed by atoms with Gasteiger partial charge in [-0.25, -0.2) is 0 Å². The summed E-state index contributed by atoms with van der Waals surface area (Å²) in [7, 11) is 1.40. The third-order valence-corrected chi connectivity index (χ3v) is 4.55. The topological polar surface area (TPSA) is 93.1 Å². The van der Waals surface area contributed by atoms with E-state index < -0.39 is 23.7 Å². The van der Waals surface area contributed by atoms with E-state index in [1.807, 2.05) is 0 Å². The van der Waals surface area contributed by atoms with E-state index in [4.69, 9.17) is 9.47 Å². The maximum Gasteiger partial charge on any atom is 0.326 e. The summed E-state index contributed by atoms with van der Waals surface area (Å²) in [5, 5.41) is 9.25. The molecule has 1 saturated heterocycles. The molecule has 7 nitrogen and oxygen atoms in total. The van der Waals surface area contributed by atoms with Crippen LogP contribution in [0.25, 0.3) is 6.08 Å². The third kappa shape index (κ3) is 3.90. The van der Waals surface area contributed by atoms with E-state index in [0.717, 1.165) is 16.7 Å². The Morgan fingerprint density at radius 1 is 1.42 bits per heavy atom. The van der Waals surface area contributed by atoms with Crippen LogP contribution in [-0.2, 0) is 14.3 Å². The van der Waals surface area contributed by atoms with Gasteiger partial charge in [-0.2, -0.15) is 0 Å². The Balaban J connectivity index is 2.26. The molecule has 0 aromatic heterocycles. The fourth-order valence-electron chi connectivity index (χ4n) is 1.96. The lowest BCUT2D eigenvalue weighted by Gasteiger charge is -2.10. The number of hydrogen-bond donors (Lipinski definition) is 1. The zero-order valence-electron chi connectivity index (χ0n) is 12.9. The van der Waals surface area contributed by atoms with Gasteiger partial charge >= 0.3 is 5.97 Å². The second kappa shape index (κ2) is 7.71. The zero-order valence-corrected chi connectivity index (χ0v) is 15.3. The second-order valence-corrected chi connectivity index (χ2v) is 6.47. The Hall–Kier alpha value is -2.00. The molecule has 1 N–H and O–H groups in total. The van der Waals surface area contributed by atoms with Gasteiger partial charge in [0, 0.05) is 0 Å². The van der Waals surface area contributed by atoms with Crippen molar-refractivity contribution in [2.24, 2.45) is 0 Å². The van der Waals surface area contributed by atoms with Gasteiger partial charge in [0.25, 0.3) is 11.1 Å². The molecule has 1 fully saturated rings. The molecule has 2 amide bonds. The maximum atomic E-state index is 12.3. The van der Waals surface area contributed by atoms with Crippen LogP contribution < -0.4 is 4.74 Å². The molecule has 1 heterocycles. The summed E-state index contributed by atoms with van der Waals surface area (Å²) in [5.41, 5.74) is 0.554. The molecule has 2 rings (SSSR count). The number of phenolic OH excluding ortho intramolecular Hbond substituents is 1. The number of phenols is 1. The van der Waals surface area contributed by atoms with Crippen molar-refractivity contribution in [3.8, 4) is 11.5 Å². The first-order chi connectivity index (χ1) is 11.4. The Kier molecular flexibility index (Phi) is 5.89. The summed E-state index contributed by atoms with van der Waals surface area (Å²) in [5.74, 6) is -1.05. The highest BCUT2D eigenvalue weighted by Crippen LogP contribution is 2.38. The number of methoxy groups -OCH3 is 1. The summed E-state index contributed by atoms with van der Waals surface area (Å²) in [6.07, 6.45) is 1.49. The average Bonchev–Trinajstić information content (AvgIpc) is 2.78. The second-order valence-electron chi connectivity index (χ2n) is 4.63. The third-order valence-electron chi connectivity index (χ3n) is 3.03. The van der Waals surface area contributed by atoms with E-state index in [2.05, 4.69) is 15.9 Å². The molecule has 0 bridgehead atoms. The van der Waals surface area contributed by atoms with E-state index in [9.17, 15) is 19.5 Å². The molecule has 1 aromatic carbocycles. The van der Waals surface area contributed by atoms with Crippen LogP contribution in [-0.4, -0.2) is 47.4 Å². The standard InChI is InChI=1S/C15H14BrNO6S/c1-3-23-12(18)7-17-14(20)11(24-15(17)21)6-8-4-9(16)13(19)10(5-8)22-2/h4-6,19H,3,7H2,1-2H3/b11-6+. The number of carbonyl (C=O) groups excluding carboxylic acids is 3. The van der Waals surface area contributed by atoms with Gasteiger partial charge in [0.2, 0.25) is 0 Å². The van der Waals surface area contributed by atoms with E-state index in [0.29, 0.717) is 10.0 Å². The van der Waals surface area contributed by atoms with Gasteiger partial charge < -0.3 is 14.6 Å². The molecule has 1 aliphatic heterocycles. The molecule has 128 valence electrons. The fourth-order valence-corrected chi connectivity index (χ4v) is 3.25. The SMILES string of the molecule is CCOC(=O)CN1C(=O)S/C(=C/c2cc(Br)c(O)c(OC)c2)C1=O. The van der Waals surface area contributed by atoms with Gasteiger partial charge in [-0.05, 0) is 58.4 Å². The molecular weight excluding hydrogens is 402 g/mol. The maximum absolute atomic E-state index is 12.3. The lowest BCUT2D eigenvalue weighted by atomic mass is 10.2. The Bertz CT molecular complexity index is 733. The number of carbonyl (C=O) groups is 3. The number of aromatic hydroxyl groups is 1. The van der Waals surface area contributed by atoms with Crippen LogP contribution in [0.4, 0.5) is 4.79 Å². The molecule has 1 aromatic rings. The smallest absolute Gasteiger partial charge is 0.326 e. The van der Waals surface area contributed by atoms with Crippen molar-refractivity contribution in [1.82, 2.24) is 4.90 Å². The minimum atomic E-state index is -0.643. The predicted octanol–water partition coefficient (Wildman–Crippen LogP) is 2.76. The minimum Gasteiger partial charge on any atom is -0.503 e. The number of hydrogen-bond acceptors (Lipinski definition) is 7. The van der Waals surface area contributed by atoms with Crippen molar-refractivity contribution in [1.29, 1.82) is 0 Å². The van der Waals surface area contributed by atoms with Gasteiger partial charge in [0.05, 0.1) is 23.1 Å². The summed E-state index contributed by atoms with van der Waals surface area (Å²) in [6.45, 7) is 1.40. The lowest BCUT2D eigenvalue weighted by Crippen LogP contribution is -2.34. The highest BCUT2D eigenvalue weighted by atomic mass is 79.9. The summed E-state index contributed by atoms with van der Waals surface area (Å²) in [6, 6.07) is 3.11. The van der Waals surface area contributed by atoms with Gasteiger partial charge in [0.1, 0.15) is 6.54 Å². The van der Waals surface area contributed by atoms with Crippen molar-refractivity contribution in [3.05, 3.63) is 27.1 Å². The van der Waals surface area contributed by atoms with Gasteiger partial charge in [0.15, 0.2) is 11.5 Å². The first-order valence-corrected chi connectivity index (χ1v) is 8.45. The van der Waals surface area contributed by atoms with Crippen molar-refractivity contribution in [3.63, 3.8) is 0 Å². The number of amides is 2. The van der Waals surface area contributed by atoms with Crippen LogP contribution in [0.3, 0.4) is 0 Å². The number of esters is 1. The van der Waals surface area contributed by atoms with Gasteiger partial charge in [-0.15, -0.1) is 0 Å². The Labute approximate surface area is 150 Å². The highest BCUT2D eigenvalue weighted by molar-refractivity contribution is 9.10. The normalized spacial score (nSPS) is 16.0. The van der Waals surface area contributed by atoms with Crippen molar-refractivity contribution in [2.75, 3.05) is 20.3 Å². The van der Waals surface area contributed by atoms with Crippen LogP contribution in [0.1, 0.15) is 12.5 Å². The fraction of sp³-hybridized carbons (Fsp3) is 0.267. The van der Waals surface area contributed by atoms with E-state index in [-0.39, 0.29) is 23.0 Å². The van der Waals surface area contributed by atoms with E-state index in [1.54, 1.807) is 13.0 Å². The van der Waals surface area contributed by atoms with Gasteiger partial charge in [-0.3, -0.25) is 19.3 Å². The predicted molar refractivity (Wildman–Crippen MR) is 91.7 cm³/mol.